The number of hydrogen-bond donors (Lipinski definition) is 0. The number of thiazole rings is 1. The number of esters is 1. The molecule has 1 fully saturated rings. The summed E-state index contributed by atoms with van der Waals surface area (Å²) >= 11 is 1.25. The Bertz CT molecular complexity index is 1590. The lowest BCUT2D eigenvalue weighted by molar-refractivity contribution is 0.0526. The lowest BCUT2D eigenvalue weighted by Gasteiger charge is -2.33. The second-order valence-corrected chi connectivity index (χ2v) is 11.9. The van der Waals surface area contributed by atoms with E-state index in [2.05, 4.69) is 4.99 Å². The van der Waals surface area contributed by atoms with Gasteiger partial charge >= 0.3 is 12.1 Å². The summed E-state index contributed by atoms with van der Waals surface area (Å²) in [6.07, 6.45) is -0.460. The van der Waals surface area contributed by atoms with Crippen molar-refractivity contribution in [1.29, 1.82) is 0 Å². The van der Waals surface area contributed by atoms with E-state index < -0.39 is 28.0 Å². The molecule has 2 amide bonds. The number of rotatable bonds is 9. The minimum Gasteiger partial charge on any atom is -0.462 e. The molecule has 2 aromatic carbocycles. The average molecular weight is 605 g/mol. The Kier molecular flexibility index (Phi) is 9.91. The van der Waals surface area contributed by atoms with Crippen molar-refractivity contribution in [3.63, 3.8) is 0 Å². The Morgan fingerprint density at radius 3 is 2.22 bits per heavy atom. The Morgan fingerprint density at radius 2 is 1.59 bits per heavy atom. The van der Waals surface area contributed by atoms with Crippen LogP contribution < -0.4 is 4.80 Å². The number of aromatic nitrogens is 1. The molecule has 2 heterocycles. The Balaban J connectivity index is 1.55. The van der Waals surface area contributed by atoms with Gasteiger partial charge in [-0.15, -0.1) is 0 Å². The summed E-state index contributed by atoms with van der Waals surface area (Å²) in [6, 6.07) is 10.8. The molecule has 0 spiro atoms. The molecular weight excluding hydrogens is 572 g/mol. The maximum absolute atomic E-state index is 13.2. The third kappa shape index (κ3) is 6.84. The largest absolute Gasteiger partial charge is 0.462 e. The smallest absolute Gasteiger partial charge is 0.409 e. The van der Waals surface area contributed by atoms with Gasteiger partial charge in [-0.25, -0.2) is 18.0 Å². The van der Waals surface area contributed by atoms with Crippen molar-refractivity contribution < 1.29 is 37.0 Å². The van der Waals surface area contributed by atoms with E-state index in [0.717, 1.165) is 10.2 Å². The SMILES string of the molecule is CCOC(=O)c1ccc2c(c1)sc(=NC(=O)c1ccc(S(=O)(=O)N3CCN(C(=O)OCC)CC3)cc1)n2CCOC. The summed E-state index contributed by atoms with van der Waals surface area (Å²) < 4.78 is 45.5. The molecule has 0 radical (unpaired) electrons. The molecule has 1 saturated heterocycles. The Morgan fingerprint density at radius 1 is 0.927 bits per heavy atom. The van der Waals surface area contributed by atoms with Crippen molar-refractivity contribution in [2.45, 2.75) is 25.3 Å². The van der Waals surface area contributed by atoms with Gasteiger partial charge in [0.05, 0.1) is 40.5 Å². The van der Waals surface area contributed by atoms with Crippen molar-refractivity contribution in [2.75, 3.05) is 53.1 Å². The summed E-state index contributed by atoms with van der Waals surface area (Å²) in [4.78, 5) is 43.5. The van der Waals surface area contributed by atoms with E-state index in [0.29, 0.717) is 23.5 Å². The highest BCUT2D eigenvalue weighted by Gasteiger charge is 2.30. The molecule has 0 N–H and O–H groups in total. The number of carbonyl (C=O) groups excluding carboxylic acids is 3. The highest BCUT2D eigenvalue weighted by Crippen LogP contribution is 2.21. The van der Waals surface area contributed by atoms with Gasteiger partial charge in [-0.2, -0.15) is 9.30 Å². The van der Waals surface area contributed by atoms with Crippen LogP contribution in [0.2, 0.25) is 0 Å². The Labute approximate surface area is 241 Å². The fraction of sp³-hybridized carbons (Fsp3) is 0.407. The molecule has 1 aromatic heterocycles. The number of ether oxygens (including phenoxy) is 3. The van der Waals surface area contributed by atoms with Crippen molar-refractivity contribution in [3.05, 3.63) is 58.4 Å². The highest BCUT2D eigenvalue weighted by atomic mass is 32.2. The first-order chi connectivity index (χ1) is 19.7. The molecule has 1 aliphatic heterocycles. The highest BCUT2D eigenvalue weighted by molar-refractivity contribution is 7.89. The topological polar surface area (TPSA) is 137 Å². The second kappa shape index (κ2) is 13.4. The van der Waals surface area contributed by atoms with Crippen LogP contribution in [0.25, 0.3) is 10.2 Å². The normalized spacial score (nSPS) is 14.8. The number of hydrogen-bond acceptors (Lipinski definition) is 9. The number of sulfonamides is 1. The van der Waals surface area contributed by atoms with Crippen LogP contribution in [0.15, 0.2) is 52.4 Å². The van der Waals surface area contributed by atoms with Gasteiger partial charge in [-0.05, 0) is 56.3 Å². The third-order valence-electron chi connectivity index (χ3n) is 6.41. The van der Waals surface area contributed by atoms with Gasteiger partial charge in [0.1, 0.15) is 0 Å². The average Bonchev–Trinajstić information content (AvgIpc) is 3.32. The standard InChI is InChI=1S/C27H32N4O8S2/c1-4-38-25(33)20-8-11-22-23(18-20)40-26(31(22)16-17-37-3)28-24(32)19-6-9-21(10-7-19)41(35,36)30-14-12-29(13-15-30)27(34)39-5-2/h6-11,18H,4-5,12-17H2,1-3H3. The zero-order valence-electron chi connectivity index (χ0n) is 23.1. The summed E-state index contributed by atoms with van der Waals surface area (Å²) in [7, 11) is -2.24. The van der Waals surface area contributed by atoms with Gasteiger partial charge in [-0.1, -0.05) is 11.3 Å². The van der Waals surface area contributed by atoms with Gasteiger partial charge in [-0.3, -0.25) is 4.79 Å². The number of methoxy groups -OCH3 is 1. The lowest BCUT2D eigenvalue weighted by Crippen LogP contribution is -2.50. The number of benzene rings is 2. The van der Waals surface area contributed by atoms with E-state index in [1.165, 1.54) is 44.8 Å². The maximum atomic E-state index is 13.2. The van der Waals surface area contributed by atoms with Crippen LogP contribution >= 0.6 is 11.3 Å². The van der Waals surface area contributed by atoms with Crippen LogP contribution in [0.5, 0.6) is 0 Å². The number of amides is 2. The quantitative estimate of drug-likeness (QED) is 0.340. The monoisotopic (exact) mass is 604 g/mol. The molecule has 41 heavy (non-hydrogen) atoms. The first-order valence-corrected chi connectivity index (χ1v) is 15.4. The summed E-state index contributed by atoms with van der Waals surface area (Å²) in [5.74, 6) is -0.975. The minimum atomic E-state index is -3.82. The van der Waals surface area contributed by atoms with E-state index in [-0.39, 0.29) is 49.9 Å². The predicted molar refractivity (Wildman–Crippen MR) is 151 cm³/mol. The van der Waals surface area contributed by atoms with Gasteiger partial charge in [0.25, 0.3) is 5.91 Å². The first kappa shape index (κ1) is 30.4. The molecule has 1 aliphatic rings. The summed E-state index contributed by atoms with van der Waals surface area (Å²) in [6.45, 7) is 5.52. The van der Waals surface area contributed by atoms with Crippen LogP contribution in [-0.2, 0) is 30.8 Å². The maximum Gasteiger partial charge on any atom is 0.409 e. The van der Waals surface area contributed by atoms with E-state index in [1.54, 1.807) is 39.2 Å². The van der Waals surface area contributed by atoms with E-state index in [1.807, 2.05) is 4.57 Å². The molecule has 0 aliphatic carbocycles. The van der Waals surface area contributed by atoms with E-state index >= 15 is 0 Å². The van der Waals surface area contributed by atoms with Crippen molar-refractivity contribution in [3.8, 4) is 0 Å². The molecular formula is C27H32N4O8S2. The lowest BCUT2D eigenvalue weighted by atomic mass is 10.2. The number of fused-ring (bicyclic) bond motifs is 1. The summed E-state index contributed by atoms with van der Waals surface area (Å²) in [5.41, 5.74) is 1.41. The van der Waals surface area contributed by atoms with Crippen LogP contribution in [0.4, 0.5) is 4.79 Å². The molecule has 0 unspecified atom stereocenters. The van der Waals surface area contributed by atoms with Crippen molar-refractivity contribution in [2.24, 2.45) is 4.99 Å². The molecule has 14 heteroatoms. The molecule has 12 nitrogen and oxygen atoms in total. The predicted octanol–water partition coefficient (Wildman–Crippen LogP) is 2.73. The zero-order chi connectivity index (χ0) is 29.6. The van der Waals surface area contributed by atoms with Gasteiger partial charge < -0.3 is 23.7 Å². The third-order valence-corrected chi connectivity index (χ3v) is 9.37. The molecule has 3 aromatic rings. The van der Waals surface area contributed by atoms with Crippen molar-refractivity contribution >= 4 is 49.5 Å². The second-order valence-electron chi connectivity index (χ2n) is 8.96. The molecule has 4 rings (SSSR count). The first-order valence-electron chi connectivity index (χ1n) is 13.1. The fourth-order valence-corrected chi connectivity index (χ4v) is 6.81. The number of carbonyl (C=O) groups is 3. The molecule has 220 valence electrons. The minimum absolute atomic E-state index is 0.0437. The molecule has 0 bridgehead atoms. The fourth-order valence-electron chi connectivity index (χ4n) is 4.29. The molecule has 0 atom stereocenters. The van der Waals surface area contributed by atoms with Crippen LogP contribution in [0, 0.1) is 0 Å². The zero-order valence-corrected chi connectivity index (χ0v) is 24.7. The van der Waals surface area contributed by atoms with Crippen LogP contribution in [0.3, 0.4) is 0 Å². The van der Waals surface area contributed by atoms with Crippen molar-refractivity contribution in [1.82, 2.24) is 13.8 Å². The number of piperazine rings is 1. The van der Waals surface area contributed by atoms with E-state index in [9.17, 15) is 22.8 Å². The van der Waals surface area contributed by atoms with Gasteiger partial charge in [0.2, 0.25) is 10.0 Å². The van der Waals surface area contributed by atoms with Crippen LogP contribution in [-0.4, -0.2) is 93.3 Å². The van der Waals surface area contributed by atoms with E-state index in [4.69, 9.17) is 14.2 Å². The summed E-state index contributed by atoms with van der Waals surface area (Å²) in [5, 5.41) is 0. The molecule has 0 saturated carbocycles. The van der Waals surface area contributed by atoms with Gasteiger partial charge in [0, 0.05) is 45.4 Å². The van der Waals surface area contributed by atoms with Gasteiger partial charge in [0.15, 0.2) is 4.80 Å². The number of nitrogens with zero attached hydrogens (tertiary/aromatic N) is 4. The van der Waals surface area contributed by atoms with Crippen LogP contribution in [0.1, 0.15) is 34.6 Å². The Hall–Kier alpha value is -3.59.